The maximum Gasteiger partial charge on any atom is 0.251 e. The Bertz CT molecular complexity index is 532. The summed E-state index contributed by atoms with van der Waals surface area (Å²) in [6.45, 7) is 3.79. The Morgan fingerprint density at radius 3 is 2.43 bits per heavy atom. The maximum atomic E-state index is 12.1. The Kier molecular flexibility index (Phi) is 6.21. The quantitative estimate of drug-likeness (QED) is 0.684. The molecule has 0 radical (unpaired) electrons. The van der Waals surface area contributed by atoms with Crippen molar-refractivity contribution in [1.82, 2.24) is 10.6 Å². The molecule has 112 valence electrons. The third kappa shape index (κ3) is 5.53. The van der Waals surface area contributed by atoms with E-state index >= 15 is 0 Å². The first-order chi connectivity index (χ1) is 9.93. The third-order valence-corrected chi connectivity index (χ3v) is 2.80. The van der Waals surface area contributed by atoms with Crippen LogP contribution in [-0.2, 0) is 4.79 Å². The molecule has 21 heavy (non-hydrogen) atoms. The minimum absolute atomic E-state index is 0.0667. The maximum absolute atomic E-state index is 12.1. The van der Waals surface area contributed by atoms with Crippen LogP contribution in [-0.4, -0.2) is 29.5 Å². The average molecular weight is 289 g/mol. The summed E-state index contributed by atoms with van der Waals surface area (Å²) in [6, 6.07) is 6.89. The topological polar surface area (TPSA) is 102 Å². The number of nitrogens with one attached hydrogen (secondary N) is 2. The lowest BCUT2D eigenvalue weighted by atomic mass is 10.0. The van der Waals surface area contributed by atoms with E-state index in [2.05, 4.69) is 10.6 Å². The lowest BCUT2D eigenvalue weighted by Gasteiger charge is -2.19. The zero-order valence-electron chi connectivity index (χ0n) is 12.1. The normalized spacial score (nSPS) is 11.5. The molecule has 0 aliphatic carbocycles. The molecule has 1 atom stereocenters. The Labute approximate surface area is 123 Å². The fraction of sp³-hybridized carbons (Fsp3) is 0.400. The van der Waals surface area contributed by atoms with Crippen molar-refractivity contribution < 1.29 is 14.7 Å². The molecule has 6 nitrogen and oxygen atoms in total. The molecule has 0 aliphatic heterocycles. The summed E-state index contributed by atoms with van der Waals surface area (Å²) in [5.74, 6) is -0.495. The second-order valence-corrected chi connectivity index (χ2v) is 5.08. The number of phenols is 1. The molecule has 1 rings (SSSR count). The summed E-state index contributed by atoms with van der Waals surface area (Å²) >= 11 is 0. The second-order valence-electron chi connectivity index (χ2n) is 5.08. The highest BCUT2D eigenvalue weighted by atomic mass is 16.3. The van der Waals surface area contributed by atoms with E-state index in [4.69, 9.17) is 5.26 Å². The average Bonchev–Trinajstić information content (AvgIpc) is 2.44. The van der Waals surface area contributed by atoms with Crippen LogP contribution in [0.2, 0.25) is 0 Å². The van der Waals surface area contributed by atoms with E-state index in [0.717, 1.165) is 0 Å². The predicted molar refractivity (Wildman–Crippen MR) is 77.4 cm³/mol. The summed E-state index contributed by atoms with van der Waals surface area (Å²) in [7, 11) is 0. The van der Waals surface area contributed by atoms with Crippen LogP contribution in [0.3, 0.4) is 0 Å². The first kappa shape index (κ1) is 16.5. The molecule has 0 aromatic heterocycles. The van der Waals surface area contributed by atoms with Crippen molar-refractivity contribution in [2.75, 3.05) is 6.54 Å². The molecular formula is C15H19N3O3. The van der Waals surface area contributed by atoms with E-state index in [0.29, 0.717) is 12.0 Å². The van der Waals surface area contributed by atoms with E-state index in [1.807, 2.05) is 19.9 Å². The summed E-state index contributed by atoms with van der Waals surface area (Å²) in [4.78, 5) is 24.0. The minimum Gasteiger partial charge on any atom is -0.508 e. The number of phenolic OH excluding ortho intramolecular Hbond substituents is 1. The van der Waals surface area contributed by atoms with E-state index in [9.17, 15) is 14.7 Å². The third-order valence-electron chi connectivity index (χ3n) is 2.80. The van der Waals surface area contributed by atoms with Crippen molar-refractivity contribution in [2.24, 2.45) is 5.92 Å². The van der Waals surface area contributed by atoms with Gasteiger partial charge in [0.25, 0.3) is 5.91 Å². The number of rotatable bonds is 6. The molecule has 0 bridgehead atoms. The standard InChI is InChI=1S/C15H19N3O3/c1-10(2)9-13(15(21)17-8-7-16)18-14(20)11-3-5-12(19)6-4-11/h3-6,10,13,19H,8-9H2,1-2H3,(H,17,21)(H,18,20). The van der Waals surface area contributed by atoms with Crippen LogP contribution in [0.1, 0.15) is 30.6 Å². The number of hydrogen-bond donors (Lipinski definition) is 3. The Morgan fingerprint density at radius 1 is 1.29 bits per heavy atom. The molecule has 1 aromatic carbocycles. The van der Waals surface area contributed by atoms with Crippen molar-refractivity contribution in [1.29, 1.82) is 5.26 Å². The van der Waals surface area contributed by atoms with Crippen molar-refractivity contribution in [3.8, 4) is 11.8 Å². The van der Waals surface area contributed by atoms with Crippen LogP contribution >= 0.6 is 0 Å². The molecule has 0 aliphatic rings. The van der Waals surface area contributed by atoms with Gasteiger partial charge in [-0.15, -0.1) is 0 Å². The van der Waals surface area contributed by atoms with Gasteiger partial charge in [-0.2, -0.15) is 5.26 Å². The molecule has 0 spiro atoms. The van der Waals surface area contributed by atoms with Crippen molar-refractivity contribution in [3.05, 3.63) is 29.8 Å². The summed E-state index contributed by atoms with van der Waals surface area (Å²) in [5.41, 5.74) is 0.356. The van der Waals surface area contributed by atoms with Gasteiger partial charge in [-0.05, 0) is 36.6 Å². The monoisotopic (exact) mass is 289 g/mol. The van der Waals surface area contributed by atoms with Gasteiger partial charge in [0.1, 0.15) is 18.3 Å². The minimum atomic E-state index is -0.695. The van der Waals surface area contributed by atoms with Gasteiger partial charge in [0.15, 0.2) is 0 Å². The zero-order valence-corrected chi connectivity index (χ0v) is 12.1. The van der Waals surface area contributed by atoms with E-state index in [1.165, 1.54) is 24.3 Å². The summed E-state index contributed by atoms with van der Waals surface area (Å²) in [6.07, 6.45) is 0.473. The van der Waals surface area contributed by atoms with Gasteiger partial charge in [0.05, 0.1) is 6.07 Å². The number of amides is 2. The van der Waals surface area contributed by atoms with Gasteiger partial charge in [-0.25, -0.2) is 0 Å². The smallest absolute Gasteiger partial charge is 0.251 e. The van der Waals surface area contributed by atoms with Crippen molar-refractivity contribution in [3.63, 3.8) is 0 Å². The molecule has 0 heterocycles. The van der Waals surface area contributed by atoms with Crippen LogP contribution in [0.5, 0.6) is 5.75 Å². The highest BCUT2D eigenvalue weighted by Gasteiger charge is 2.22. The highest BCUT2D eigenvalue weighted by Crippen LogP contribution is 2.11. The lowest BCUT2D eigenvalue weighted by molar-refractivity contribution is -0.123. The van der Waals surface area contributed by atoms with Gasteiger partial charge < -0.3 is 15.7 Å². The van der Waals surface area contributed by atoms with Crippen LogP contribution in [0.4, 0.5) is 0 Å². The number of carbonyl (C=O) groups is 2. The highest BCUT2D eigenvalue weighted by molar-refractivity contribution is 5.97. The molecule has 2 amide bonds. The Morgan fingerprint density at radius 2 is 1.90 bits per heavy atom. The van der Waals surface area contributed by atoms with E-state index < -0.39 is 11.9 Å². The molecule has 3 N–H and O–H groups in total. The number of nitriles is 1. The van der Waals surface area contributed by atoms with Gasteiger partial charge in [-0.3, -0.25) is 9.59 Å². The summed E-state index contributed by atoms with van der Waals surface area (Å²) < 4.78 is 0. The van der Waals surface area contributed by atoms with E-state index in [1.54, 1.807) is 0 Å². The van der Waals surface area contributed by atoms with E-state index in [-0.39, 0.29) is 24.1 Å². The largest absolute Gasteiger partial charge is 0.508 e. The first-order valence-corrected chi connectivity index (χ1v) is 6.68. The van der Waals surface area contributed by atoms with Crippen LogP contribution in [0.15, 0.2) is 24.3 Å². The molecule has 1 unspecified atom stereocenters. The predicted octanol–water partition coefficient (Wildman–Crippen LogP) is 1.18. The SMILES string of the molecule is CC(C)CC(NC(=O)c1ccc(O)cc1)C(=O)NCC#N. The molecule has 6 heteroatoms. The lowest BCUT2D eigenvalue weighted by Crippen LogP contribution is -2.47. The number of hydrogen-bond acceptors (Lipinski definition) is 4. The van der Waals surface area contributed by atoms with Gasteiger partial charge in [0, 0.05) is 5.56 Å². The number of aromatic hydroxyl groups is 1. The molecule has 0 saturated carbocycles. The number of benzene rings is 1. The summed E-state index contributed by atoms with van der Waals surface area (Å²) in [5, 5.41) is 22.8. The molecular weight excluding hydrogens is 270 g/mol. The first-order valence-electron chi connectivity index (χ1n) is 6.68. The van der Waals surface area contributed by atoms with Crippen LogP contribution < -0.4 is 10.6 Å². The number of carbonyl (C=O) groups excluding carboxylic acids is 2. The van der Waals surface area contributed by atoms with Gasteiger partial charge in [0.2, 0.25) is 5.91 Å². The molecule has 1 aromatic rings. The van der Waals surface area contributed by atoms with Crippen LogP contribution in [0, 0.1) is 17.2 Å². The van der Waals surface area contributed by atoms with Crippen molar-refractivity contribution in [2.45, 2.75) is 26.3 Å². The van der Waals surface area contributed by atoms with Gasteiger partial charge in [-0.1, -0.05) is 13.8 Å². The molecule has 0 fully saturated rings. The van der Waals surface area contributed by atoms with Crippen molar-refractivity contribution >= 4 is 11.8 Å². The second kappa shape index (κ2) is 7.90. The Hall–Kier alpha value is -2.55. The van der Waals surface area contributed by atoms with Crippen LogP contribution in [0.25, 0.3) is 0 Å². The fourth-order valence-electron chi connectivity index (χ4n) is 1.81. The Balaban J connectivity index is 2.75. The van der Waals surface area contributed by atoms with Gasteiger partial charge >= 0.3 is 0 Å². The fourth-order valence-corrected chi connectivity index (χ4v) is 1.81. The zero-order chi connectivity index (χ0) is 15.8. The number of nitrogens with zero attached hydrogens (tertiary/aromatic N) is 1. The molecule has 0 saturated heterocycles.